The summed E-state index contributed by atoms with van der Waals surface area (Å²) in [5, 5.41) is 7.06. The van der Waals surface area contributed by atoms with E-state index < -0.39 is 0 Å². The molecular weight excluding hydrogens is 623 g/mol. The van der Waals surface area contributed by atoms with Gasteiger partial charge < -0.3 is 4.42 Å². The third kappa shape index (κ3) is 4.30. The van der Waals surface area contributed by atoms with E-state index >= 15 is 0 Å². The molecule has 0 N–H and O–H groups in total. The molecule has 51 heavy (non-hydrogen) atoms. The summed E-state index contributed by atoms with van der Waals surface area (Å²) in [7, 11) is 0. The summed E-state index contributed by atoms with van der Waals surface area (Å²) >= 11 is 0. The number of benzene rings is 8. The predicted octanol–water partition coefficient (Wildman–Crippen LogP) is 12.4. The van der Waals surface area contributed by atoms with E-state index in [2.05, 4.69) is 133 Å². The van der Waals surface area contributed by atoms with Crippen LogP contribution in [0, 0.1) is 0 Å². The van der Waals surface area contributed by atoms with Crippen molar-refractivity contribution in [2.24, 2.45) is 0 Å². The predicted molar refractivity (Wildman–Crippen MR) is 208 cm³/mol. The van der Waals surface area contributed by atoms with Gasteiger partial charge in [-0.15, -0.1) is 0 Å². The Bertz CT molecular complexity index is 3030. The molecular formula is C47H27N3O. The van der Waals surface area contributed by atoms with Crippen molar-refractivity contribution in [3.05, 3.63) is 164 Å². The van der Waals surface area contributed by atoms with Crippen molar-refractivity contribution < 1.29 is 4.42 Å². The topological polar surface area (TPSA) is 51.8 Å². The fourth-order valence-corrected chi connectivity index (χ4v) is 7.92. The van der Waals surface area contributed by atoms with Crippen molar-refractivity contribution in [2.45, 2.75) is 0 Å². The average Bonchev–Trinajstić information content (AvgIpc) is 3.73. The standard InChI is InChI=1S/C47H27N3O/c1-2-12-30(13-3-1)45-48-46(32-24-23-28-11-4-5-14-31(28)25-32)50-47(49-45)37-18-7-6-17-33(37)34-21-10-22-41-44(34)40-26-38-35-19-8-15-29-16-9-20-36(43(29)35)39(38)27-42(40)51-41/h1-27H. The Balaban J connectivity index is 1.13. The Morgan fingerprint density at radius 3 is 1.71 bits per heavy atom. The normalized spacial score (nSPS) is 11.9. The van der Waals surface area contributed by atoms with E-state index in [1.807, 2.05) is 30.3 Å². The Kier molecular flexibility index (Phi) is 5.92. The Morgan fingerprint density at radius 1 is 0.314 bits per heavy atom. The zero-order chi connectivity index (χ0) is 33.5. The van der Waals surface area contributed by atoms with Gasteiger partial charge in [0.1, 0.15) is 11.2 Å². The molecule has 1 aliphatic rings. The van der Waals surface area contributed by atoms with E-state index in [9.17, 15) is 0 Å². The minimum atomic E-state index is 0.621. The van der Waals surface area contributed by atoms with Gasteiger partial charge in [0.15, 0.2) is 17.5 Å². The molecule has 4 heteroatoms. The van der Waals surface area contributed by atoms with Crippen LogP contribution in [-0.4, -0.2) is 15.0 Å². The Hall–Kier alpha value is -6.91. The summed E-state index contributed by atoms with van der Waals surface area (Å²) in [5.74, 6) is 1.89. The average molecular weight is 650 g/mol. The quantitative estimate of drug-likeness (QED) is 0.190. The van der Waals surface area contributed by atoms with Crippen molar-refractivity contribution in [3.63, 3.8) is 0 Å². The molecule has 8 aromatic carbocycles. The van der Waals surface area contributed by atoms with Crippen molar-refractivity contribution in [1.29, 1.82) is 0 Å². The lowest BCUT2D eigenvalue weighted by Crippen LogP contribution is -2.01. The van der Waals surface area contributed by atoms with Gasteiger partial charge in [0.05, 0.1) is 0 Å². The monoisotopic (exact) mass is 649 g/mol. The van der Waals surface area contributed by atoms with Gasteiger partial charge >= 0.3 is 0 Å². The van der Waals surface area contributed by atoms with Crippen molar-refractivity contribution >= 4 is 43.5 Å². The van der Waals surface area contributed by atoms with Gasteiger partial charge in [-0.3, -0.25) is 0 Å². The highest BCUT2D eigenvalue weighted by molar-refractivity contribution is 6.21. The molecule has 0 unspecified atom stereocenters. The lowest BCUT2D eigenvalue weighted by molar-refractivity contribution is 0.669. The summed E-state index contributed by atoms with van der Waals surface area (Å²) in [6.07, 6.45) is 0. The SMILES string of the molecule is c1ccc(-c2nc(-c3ccc4ccccc4c3)nc(-c3ccccc3-c3cccc4oc5cc6c(cc5c34)-c3cccc4cccc-6c34)n2)cc1. The van der Waals surface area contributed by atoms with Crippen LogP contribution in [0.1, 0.15) is 0 Å². The van der Waals surface area contributed by atoms with Crippen LogP contribution in [-0.2, 0) is 0 Å². The number of fused-ring (bicyclic) bond motifs is 7. The van der Waals surface area contributed by atoms with Gasteiger partial charge in [-0.1, -0.05) is 140 Å². The first-order chi connectivity index (χ1) is 25.3. The number of hydrogen-bond acceptors (Lipinski definition) is 4. The third-order valence-electron chi connectivity index (χ3n) is 10.3. The molecule has 2 heterocycles. The fraction of sp³-hybridized carbons (Fsp3) is 0. The zero-order valence-electron chi connectivity index (χ0n) is 27.3. The van der Waals surface area contributed by atoms with Crippen molar-refractivity contribution in [3.8, 4) is 67.5 Å². The number of rotatable bonds is 4. The summed E-state index contributed by atoms with van der Waals surface area (Å²) < 4.78 is 6.63. The molecule has 0 radical (unpaired) electrons. The third-order valence-corrected chi connectivity index (χ3v) is 10.3. The van der Waals surface area contributed by atoms with Crippen LogP contribution in [0.2, 0.25) is 0 Å². The first-order valence-corrected chi connectivity index (χ1v) is 17.2. The largest absolute Gasteiger partial charge is 0.456 e. The molecule has 0 amide bonds. The summed E-state index contributed by atoms with van der Waals surface area (Å²) in [5.41, 5.74) is 11.6. The minimum Gasteiger partial charge on any atom is -0.456 e. The summed E-state index contributed by atoms with van der Waals surface area (Å²) in [4.78, 5) is 15.3. The molecule has 0 spiro atoms. The Labute approximate surface area is 293 Å². The van der Waals surface area contributed by atoms with E-state index in [1.165, 1.54) is 38.4 Å². The maximum absolute atomic E-state index is 6.63. The lowest BCUT2D eigenvalue weighted by Gasteiger charge is -2.13. The number of hydrogen-bond donors (Lipinski definition) is 0. The maximum atomic E-state index is 6.63. The number of furan rings is 1. The van der Waals surface area contributed by atoms with Crippen molar-refractivity contribution in [1.82, 2.24) is 15.0 Å². The van der Waals surface area contributed by atoms with Crippen LogP contribution in [0.4, 0.5) is 0 Å². The van der Waals surface area contributed by atoms with Gasteiger partial charge in [0.25, 0.3) is 0 Å². The molecule has 0 atom stereocenters. The molecule has 0 saturated heterocycles. The molecule has 11 rings (SSSR count). The van der Waals surface area contributed by atoms with E-state index in [4.69, 9.17) is 19.4 Å². The molecule has 0 fully saturated rings. The van der Waals surface area contributed by atoms with Crippen LogP contribution < -0.4 is 0 Å². The Morgan fingerprint density at radius 2 is 0.902 bits per heavy atom. The van der Waals surface area contributed by atoms with E-state index in [1.54, 1.807) is 0 Å². The minimum absolute atomic E-state index is 0.621. The van der Waals surface area contributed by atoms with Crippen LogP contribution in [0.5, 0.6) is 0 Å². The van der Waals surface area contributed by atoms with Gasteiger partial charge in [-0.25, -0.2) is 15.0 Å². The van der Waals surface area contributed by atoms with Crippen LogP contribution in [0.25, 0.3) is 111 Å². The zero-order valence-corrected chi connectivity index (χ0v) is 27.3. The van der Waals surface area contributed by atoms with Gasteiger partial charge in [-0.05, 0) is 79.2 Å². The fourth-order valence-electron chi connectivity index (χ4n) is 7.92. The molecule has 236 valence electrons. The second-order valence-electron chi connectivity index (χ2n) is 13.2. The summed E-state index contributed by atoms with van der Waals surface area (Å²) in [6.45, 7) is 0. The molecule has 0 bridgehead atoms. The second-order valence-corrected chi connectivity index (χ2v) is 13.2. The maximum Gasteiger partial charge on any atom is 0.164 e. The molecule has 0 aliphatic heterocycles. The first-order valence-electron chi connectivity index (χ1n) is 17.2. The highest BCUT2D eigenvalue weighted by Crippen LogP contribution is 2.50. The highest BCUT2D eigenvalue weighted by Gasteiger charge is 2.25. The van der Waals surface area contributed by atoms with Gasteiger partial charge in [0.2, 0.25) is 0 Å². The molecule has 10 aromatic rings. The van der Waals surface area contributed by atoms with E-state index in [0.29, 0.717) is 17.5 Å². The summed E-state index contributed by atoms with van der Waals surface area (Å²) in [6, 6.07) is 57.3. The second kappa shape index (κ2) is 10.8. The van der Waals surface area contributed by atoms with Crippen LogP contribution in [0.3, 0.4) is 0 Å². The number of aromatic nitrogens is 3. The smallest absolute Gasteiger partial charge is 0.164 e. The lowest BCUT2D eigenvalue weighted by atomic mass is 9.93. The van der Waals surface area contributed by atoms with E-state index in [0.717, 1.165) is 55.1 Å². The highest BCUT2D eigenvalue weighted by atomic mass is 16.3. The first kappa shape index (κ1) is 28.0. The number of nitrogens with zero attached hydrogens (tertiary/aromatic N) is 3. The molecule has 1 aliphatic carbocycles. The molecule has 2 aromatic heterocycles. The molecule has 4 nitrogen and oxygen atoms in total. The van der Waals surface area contributed by atoms with E-state index in [-0.39, 0.29) is 0 Å². The van der Waals surface area contributed by atoms with Crippen LogP contribution >= 0.6 is 0 Å². The van der Waals surface area contributed by atoms with Crippen molar-refractivity contribution in [2.75, 3.05) is 0 Å². The van der Waals surface area contributed by atoms with Gasteiger partial charge in [0, 0.05) is 27.5 Å². The van der Waals surface area contributed by atoms with Gasteiger partial charge in [-0.2, -0.15) is 0 Å². The molecule has 0 saturated carbocycles. The van der Waals surface area contributed by atoms with Crippen LogP contribution in [0.15, 0.2) is 168 Å².